The summed E-state index contributed by atoms with van der Waals surface area (Å²) in [5, 5.41) is 0. The molecular weight excluding hydrogens is 200 g/mol. The molecular formula is C14H20O2. The molecule has 2 nitrogen and oxygen atoms in total. The van der Waals surface area contributed by atoms with Gasteiger partial charge in [0.05, 0.1) is 7.11 Å². The minimum Gasteiger partial charge on any atom is -0.496 e. The Morgan fingerprint density at radius 3 is 2.69 bits per heavy atom. The lowest BCUT2D eigenvalue weighted by Gasteiger charge is -2.09. The average molecular weight is 220 g/mol. The zero-order chi connectivity index (χ0) is 12.0. The molecule has 1 rings (SSSR count). The summed E-state index contributed by atoms with van der Waals surface area (Å²) < 4.78 is 5.32. The summed E-state index contributed by atoms with van der Waals surface area (Å²) in [6, 6.07) is 6.29. The Balaban J connectivity index is 2.71. The summed E-state index contributed by atoms with van der Waals surface area (Å²) in [5.74, 6) is 1.19. The molecule has 0 amide bonds. The number of methoxy groups -OCH3 is 1. The number of Topliss-reactive ketones (excluding diaryl/α,β-unsaturated/α-hetero) is 1. The van der Waals surface area contributed by atoms with Crippen molar-refractivity contribution in [1.29, 1.82) is 0 Å². The van der Waals surface area contributed by atoms with Crippen molar-refractivity contribution in [2.75, 3.05) is 7.11 Å². The molecule has 0 aliphatic rings. The smallest absolute Gasteiger partial charge is 0.129 e. The van der Waals surface area contributed by atoms with Gasteiger partial charge in [-0.3, -0.25) is 0 Å². The number of ketones is 1. The van der Waals surface area contributed by atoms with E-state index in [0.29, 0.717) is 6.42 Å². The van der Waals surface area contributed by atoms with Gasteiger partial charge in [0, 0.05) is 6.42 Å². The van der Waals surface area contributed by atoms with E-state index in [1.807, 2.05) is 6.07 Å². The normalized spacial score (nSPS) is 10.2. The van der Waals surface area contributed by atoms with Crippen LogP contribution in [0, 0.1) is 0 Å². The lowest BCUT2D eigenvalue weighted by atomic mass is 10.0. The fraction of sp³-hybridized carbons (Fsp3) is 0.500. The van der Waals surface area contributed by atoms with Crippen molar-refractivity contribution in [2.24, 2.45) is 0 Å². The second kappa shape index (κ2) is 6.31. The third-order valence-corrected chi connectivity index (χ3v) is 2.73. The number of benzene rings is 1. The van der Waals surface area contributed by atoms with Crippen LogP contribution in [0.2, 0.25) is 0 Å². The molecule has 0 radical (unpaired) electrons. The summed E-state index contributed by atoms with van der Waals surface area (Å²) in [6.07, 6.45) is 3.50. The van der Waals surface area contributed by atoms with Crippen molar-refractivity contribution in [3.05, 3.63) is 29.3 Å². The molecule has 0 saturated carbocycles. The van der Waals surface area contributed by atoms with E-state index >= 15 is 0 Å². The standard InChI is InChI=1S/C14H20O2/c1-4-12-8-9-14(16-3)13(10-12)7-5-6-11(2)15/h8-10H,4-7H2,1-3H3. The number of hydrogen-bond acceptors (Lipinski definition) is 2. The highest BCUT2D eigenvalue weighted by Gasteiger charge is 2.04. The zero-order valence-corrected chi connectivity index (χ0v) is 10.4. The van der Waals surface area contributed by atoms with Crippen LogP contribution in [0.3, 0.4) is 0 Å². The van der Waals surface area contributed by atoms with Crippen LogP contribution in [0.1, 0.15) is 37.8 Å². The van der Waals surface area contributed by atoms with Crippen molar-refractivity contribution in [3.63, 3.8) is 0 Å². The monoisotopic (exact) mass is 220 g/mol. The van der Waals surface area contributed by atoms with Crippen LogP contribution in [0.25, 0.3) is 0 Å². The molecule has 0 atom stereocenters. The fourth-order valence-electron chi connectivity index (χ4n) is 1.77. The van der Waals surface area contributed by atoms with Crippen LogP contribution in [0.15, 0.2) is 18.2 Å². The fourth-order valence-corrected chi connectivity index (χ4v) is 1.77. The van der Waals surface area contributed by atoms with Crippen LogP contribution in [-0.2, 0) is 17.6 Å². The van der Waals surface area contributed by atoms with Crippen molar-refractivity contribution in [2.45, 2.75) is 39.5 Å². The molecule has 0 N–H and O–H groups in total. The summed E-state index contributed by atoms with van der Waals surface area (Å²) in [6.45, 7) is 3.78. The van der Waals surface area contributed by atoms with Gasteiger partial charge in [0.15, 0.2) is 0 Å². The lowest BCUT2D eigenvalue weighted by Crippen LogP contribution is -1.97. The van der Waals surface area contributed by atoms with E-state index in [-0.39, 0.29) is 5.78 Å². The molecule has 0 fully saturated rings. The number of carbonyl (C=O) groups excluding carboxylic acids is 1. The van der Waals surface area contributed by atoms with Gasteiger partial charge in [-0.1, -0.05) is 19.1 Å². The van der Waals surface area contributed by atoms with E-state index in [1.54, 1.807) is 14.0 Å². The first-order chi connectivity index (χ1) is 7.67. The second-order valence-electron chi connectivity index (χ2n) is 4.06. The molecule has 0 spiro atoms. The Labute approximate surface area is 97.6 Å². The Morgan fingerprint density at radius 1 is 1.38 bits per heavy atom. The molecule has 2 heteroatoms. The number of rotatable bonds is 6. The van der Waals surface area contributed by atoms with Crippen molar-refractivity contribution < 1.29 is 9.53 Å². The average Bonchev–Trinajstić information content (AvgIpc) is 2.28. The lowest BCUT2D eigenvalue weighted by molar-refractivity contribution is -0.117. The Hall–Kier alpha value is -1.31. The quantitative estimate of drug-likeness (QED) is 0.736. The molecule has 0 bridgehead atoms. The van der Waals surface area contributed by atoms with Crippen molar-refractivity contribution in [1.82, 2.24) is 0 Å². The molecule has 0 unspecified atom stereocenters. The predicted molar refractivity (Wildman–Crippen MR) is 66.0 cm³/mol. The molecule has 16 heavy (non-hydrogen) atoms. The summed E-state index contributed by atoms with van der Waals surface area (Å²) in [5.41, 5.74) is 2.53. The van der Waals surface area contributed by atoms with Gasteiger partial charge in [0.2, 0.25) is 0 Å². The van der Waals surface area contributed by atoms with Gasteiger partial charge in [-0.05, 0) is 43.4 Å². The van der Waals surface area contributed by atoms with Crippen LogP contribution in [0.4, 0.5) is 0 Å². The highest BCUT2D eigenvalue weighted by atomic mass is 16.5. The third kappa shape index (κ3) is 3.69. The molecule has 0 aliphatic carbocycles. The Kier molecular flexibility index (Phi) is 5.03. The maximum absolute atomic E-state index is 10.9. The van der Waals surface area contributed by atoms with E-state index in [0.717, 1.165) is 25.0 Å². The number of aryl methyl sites for hydroxylation is 2. The summed E-state index contributed by atoms with van der Waals surface area (Å²) in [4.78, 5) is 10.9. The zero-order valence-electron chi connectivity index (χ0n) is 10.4. The minimum atomic E-state index is 0.255. The van der Waals surface area contributed by atoms with Crippen LogP contribution in [0.5, 0.6) is 5.75 Å². The van der Waals surface area contributed by atoms with Gasteiger partial charge in [-0.2, -0.15) is 0 Å². The highest BCUT2D eigenvalue weighted by Crippen LogP contribution is 2.22. The van der Waals surface area contributed by atoms with Gasteiger partial charge >= 0.3 is 0 Å². The molecule has 88 valence electrons. The van der Waals surface area contributed by atoms with Crippen LogP contribution >= 0.6 is 0 Å². The van der Waals surface area contributed by atoms with Crippen molar-refractivity contribution in [3.8, 4) is 5.75 Å². The molecule has 1 aromatic rings. The Morgan fingerprint density at radius 2 is 2.12 bits per heavy atom. The van der Waals surface area contributed by atoms with E-state index in [4.69, 9.17) is 4.74 Å². The molecule has 1 aromatic carbocycles. The van der Waals surface area contributed by atoms with E-state index in [9.17, 15) is 4.79 Å². The van der Waals surface area contributed by atoms with E-state index in [2.05, 4.69) is 19.1 Å². The largest absolute Gasteiger partial charge is 0.496 e. The first-order valence-electron chi connectivity index (χ1n) is 5.82. The Bertz CT molecular complexity index is 356. The number of hydrogen-bond donors (Lipinski definition) is 0. The summed E-state index contributed by atoms with van der Waals surface area (Å²) >= 11 is 0. The maximum atomic E-state index is 10.9. The summed E-state index contributed by atoms with van der Waals surface area (Å²) in [7, 11) is 1.69. The number of carbonyl (C=O) groups is 1. The molecule has 0 heterocycles. The van der Waals surface area contributed by atoms with Gasteiger partial charge in [0.25, 0.3) is 0 Å². The van der Waals surface area contributed by atoms with Crippen LogP contribution in [-0.4, -0.2) is 12.9 Å². The van der Waals surface area contributed by atoms with Gasteiger partial charge in [-0.15, -0.1) is 0 Å². The maximum Gasteiger partial charge on any atom is 0.129 e. The number of ether oxygens (including phenoxy) is 1. The highest BCUT2D eigenvalue weighted by molar-refractivity contribution is 5.75. The predicted octanol–water partition coefficient (Wildman–Crippen LogP) is 3.17. The van der Waals surface area contributed by atoms with Gasteiger partial charge < -0.3 is 9.53 Å². The first kappa shape index (κ1) is 12.8. The minimum absolute atomic E-state index is 0.255. The first-order valence-corrected chi connectivity index (χ1v) is 5.82. The molecule has 0 aliphatic heterocycles. The molecule has 0 aromatic heterocycles. The van der Waals surface area contributed by atoms with Crippen molar-refractivity contribution >= 4 is 5.78 Å². The topological polar surface area (TPSA) is 26.3 Å². The molecule has 0 saturated heterocycles. The van der Waals surface area contributed by atoms with E-state index < -0.39 is 0 Å². The van der Waals surface area contributed by atoms with Gasteiger partial charge in [-0.25, -0.2) is 0 Å². The van der Waals surface area contributed by atoms with E-state index in [1.165, 1.54) is 11.1 Å². The second-order valence-corrected chi connectivity index (χ2v) is 4.06. The van der Waals surface area contributed by atoms with Crippen LogP contribution < -0.4 is 4.74 Å². The van der Waals surface area contributed by atoms with Gasteiger partial charge in [0.1, 0.15) is 11.5 Å². The SMILES string of the molecule is CCc1ccc(OC)c(CCCC(C)=O)c1. The third-order valence-electron chi connectivity index (χ3n) is 2.73.